The zero-order valence-electron chi connectivity index (χ0n) is 11.6. The Balaban J connectivity index is 2.21. The molecule has 20 heavy (non-hydrogen) atoms. The van der Waals surface area contributed by atoms with Gasteiger partial charge in [0.05, 0.1) is 4.92 Å². The maximum absolute atomic E-state index is 10.9. The van der Waals surface area contributed by atoms with Crippen LogP contribution in [0.4, 0.5) is 5.69 Å². The molecule has 2 unspecified atom stereocenters. The van der Waals surface area contributed by atoms with Crippen molar-refractivity contribution >= 4 is 21.6 Å². The van der Waals surface area contributed by atoms with E-state index in [1.165, 1.54) is 12.5 Å². The Morgan fingerprint density at radius 2 is 2.20 bits per heavy atom. The van der Waals surface area contributed by atoms with Crippen molar-refractivity contribution in [2.75, 3.05) is 6.54 Å². The maximum Gasteiger partial charge on any atom is 0.270 e. The average Bonchev–Trinajstić information content (AvgIpc) is 2.40. The lowest BCUT2D eigenvalue weighted by Gasteiger charge is -2.40. The highest BCUT2D eigenvalue weighted by molar-refractivity contribution is 9.10. The summed E-state index contributed by atoms with van der Waals surface area (Å²) < 4.78 is 0.746. The molecule has 1 aliphatic rings. The van der Waals surface area contributed by atoms with E-state index < -0.39 is 0 Å². The molecule has 0 radical (unpaired) electrons. The van der Waals surface area contributed by atoms with Crippen LogP contribution in [0.5, 0.6) is 0 Å². The largest absolute Gasteiger partial charge is 0.329 e. The molecule has 6 heteroatoms. The summed E-state index contributed by atoms with van der Waals surface area (Å²) in [5, 5.41) is 10.9. The predicted octanol–water partition coefficient (Wildman–Crippen LogP) is 3.06. The van der Waals surface area contributed by atoms with Gasteiger partial charge in [-0.25, -0.2) is 0 Å². The first-order valence-corrected chi connectivity index (χ1v) is 7.70. The van der Waals surface area contributed by atoms with Gasteiger partial charge in [0.15, 0.2) is 0 Å². The standard InChI is InChI=1S/C14H20BrN3O2/c1-10-3-2-4-13(8-16)17(10)9-11-5-12(15)7-14(6-11)18(19)20/h5-7,10,13H,2-4,8-9,16H2,1H3. The maximum atomic E-state index is 10.9. The molecule has 2 atom stereocenters. The van der Waals surface area contributed by atoms with Crippen molar-refractivity contribution in [3.8, 4) is 0 Å². The minimum absolute atomic E-state index is 0.128. The second-order valence-corrected chi connectivity index (χ2v) is 6.33. The highest BCUT2D eigenvalue weighted by Crippen LogP contribution is 2.27. The summed E-state index contributed by atoms with van der Waals surface area (Å²) >= 11 is 3.35. The van der Waals surface area contributed by atoms with E-state index >= 15 is 0 Å². The summed E-state index contributed by atoms with van der Waals surface area (Å²) in [7, 11) is 0. The highest BCUT2D eigenvalue weighted by atomic mass is 79.9. The first-order chi connectivity index (χ1) is 9.51. The Morgan fingerprint density at radius 3 is 2.85 bits per heavy atom. The van der Waals surface area contributed by atoms with Gasteiger partial charge >= 0.3 is 0 Å². The summed E-state index contributed by atoms with van der Waals surface area (Å²) in [6.07, 6.45) is 3.47. The van der Waals surface area contributed by atoms with Crippen molar-refractivity contribution in [1.29, 1.82) is 0 Å². The fourth-order valence-corrected chi connectivity index (χ4v) is 3.45. The van der Waals surface area contributed by atoms with E-state index in [1.54, 1.807) is 6.07 Å². The summed E-state index contributed by atoms with van der Waals surface area (Å²) in [4.78, 5) is 13.0. The number of nitrogens with zero attached hydrogens (tertiary/aromatic N) is 2. The Hall–Kier alpha value is -0.980. The lowest BCUT2D eigenvalue weighted by Crippen LogP contribution is -2.48. The van der Waals surface area contributed by atoms with Crippen LogP contribution in [0.3, 0.4) is 0 Å². The van der Waals surface area contributed by atoms with Crippen LogP contribution in [0.1, 0.15) is 31.7 Å². The topological polar surface area (TPSA) is 72.4 Å². The molecule has 5 nitrogen and oxygen atoms in total. The number of non-ortho nitro benzene ring substituents is 1. The molecular weight excluding hydrogens is 322 g/mol. The average molecular weight is 342 g/mol. The van der Waals surface area contributed by atoms with Crippen molar-refractivity contribution in [3.63, 3.8) is 0 Å². The minimum atomic E-state index is -0.353. The van der Waals surface area contributed by atoms with Gasteiger partial charge in [-0.1, -0.05) is 22.4 Å². The quantitative estimate of drug-likeness (QED) is 0.674. The number of hydrogen-bond donors (Lipinski definition) is 1. The summed E-state index contributed by atoms with van der Waals surface area (Å²) in [6, 6.07) is 5.97. The molecule has 1 aromatic rings. The summed E-state index contributed by atoms with van der Waals surface area (Å²) in [6.45, 7) is 3.55. The third kappa shape index (κ3) is 3.56. The molecular formula is C14H20BrN3O2. The minimum Gasteiger partial charge on any atom is -0.329 e. The molecule has 2 rings (SSSR count). The molecule has 0 spiro atoms. The van der Waals surface area contributed by atoms with Crippen molar-refractivity contribution in [2.24, 2.45) is 5.73 Å². The highest BCUT2D eigenvalue weighted by Gasteiger charge is 2.27. The van der Waals surface area contributed by atoms with Crippen LogP contribution in [-0.4, -0.2) is 28.5 Å². The monoisotopic (exact) mass is 341 g/mol. The smallest absolute Gasteiger partial charge is 0.270 e. The fraction of sp³-hybridized carbons (Fsp3) is 0.571. The third-order valence-electron chi connectivity index (χ3n) is 3.98. The van der Waals surface area contributed by atoms with Crippen LogP contribution < -0.4 is 5.73 Å². The number of rotatable bonds is 4. The number of nitro groups is 1. The Morgan fingerprint density at radius 1 is 1.45 bits per heavy atom. The SMILES string of the molecule is CC1CCCC(CN)N1Cc1cc(Br)cc([N+](=O)[O-])c1. The van der Waals surface area contributed by atoms with Gasteiger partial charge in [0, 0.05) is 41.8 Å². The molecule has 0 amide bonds. The van der Waals surface area contributed by atoms with Crippen molar-refractivity contribution in [2.45, 2.75) is 44.8 Å². The molecule has 1 aliphatic heterocycles. The van der Waals surface area contributed by atoms with Gasteiger partial charge < -0.3 is 5.73 Å². The van der Waals surface area contributed by atoms with E-state index in [4.69, 9.17) is 5.73 Å². The lowest BCUT2D eigenvalue weighted by atomic mass is 9.95. The van der Waals surface area contributed by atoms with E-state index in [0.29, 0.717) is 25.2 Å². The fourth-order valence-electron chi connectivity index (χ4n) is 2.92. The molecule has 1 heterocycles. The van der Waals surface area contributed by atoms with Crippen LogP contribution in [0.2, 0.25) is 0 Å². The summed E-state index contributed by atoms with van der Waals surface area (Å²) in [5.74, 6) is 0. The Bertz CT molecular complexity index is 495. The van der Waals surface area contributed by atoms with Gasteiger partial charge in [-0.05, 0) is 31.4 Å². The zero-order chi connectivity index (χ0) is 14.7. The second-order valence-electron chi connectivity index (χ2n) is 5.42. The van der Waals surface area contributed by atoms with E-state index in [2.05, 4.69) is 27.8 Å². The van der Waals surface area contributed by atoms with Gasteiger partial charge in [0.25, 0.3) is 5.69 Å². The molecule has 0 aromatic heterocycles. The van der Waals surface area contributed by atoms with Gasteiger partial charge in [0.1, 0.15) is 0 Å². The van der Waals surface area contributed by atoms with Crippen LogP contribution in [-0.2, 0) is 6.54 Å². The van der Waals surface area contributed by atoms with E-state index in [9.17, 15) is 10.1 Å². The van der Waals surface area contributed by atoms with Crippen LogP contribution in [0, 0.1) is 10.1 Å². The van der Waals surface area contributed by atoms with E-state index in [1.807, 2.05) is 6.07 Å². The number of piperidine rings is 1. The van der Waals surface area contributed by atoms with E-state index in [0.717, 1.165) is 22.9 Å². The van der Waals surface area contributed by atoms with Crippen molar-refractivity contribution in [1.82, 2.24) is 4.90 Å². The van der Waals surface area contributed by atoms with Crippen molar-refractivity contribution in [3.05, 3.63) is 38.3 Å². The number of hydrogen-bond acceptors (Lipinski definition) is 4. The molecule has 0 bridgehead atoms. The van der Waals surface area contributed by atoms with E-state index in [-0.39, 0.29) is 10.6 Å². The summed E-state index contributed by atoms with van der Waals surface area (Å²) in [5.41, 5.74) is 6.94. The number of nitro benzene ring substituents is 1. The number of nitrogens with two attached hydrogens (primary N) is 1. The third-order valence-corrected chi connectivity index (χ3v) is 4.44. The number of benzene rings is 1. The Kier molecular flexibility index (Phi) is 5.12. The lowest BCUT2D eigenvalue weighted by molar-refractivity contribution is -0.385. The van der Waals surface area contributed by atoms with Gasteiger partial charge in [-0.15, -0.1) is 0 Å². The first-order valence-electron chi connectivity index (χ1n) is 6.91. The van der Waals surface area contributed by atoms with Gasteiger partial charge in [-0.2, -0.15) is 0 Å². The number of likely N-dealkylation sites (tertiary alicyclic amines) is 1. The first kappa shape index (κ1) is 15.4. The molecule has 0 aliphatic carbocycles. The molecule has 1 saturated heterocycles. The normalized spacial score (nSPS) is 23.8. The Labute approximate surface area is 127 Å². The molecule has 1 aromatic carbocycles. The van der Waals surface area contributed by atoms with Gasteiger partial charge in [-0.3, -0.25) is 15.0 Å². The van der Waals surface area contributed by atoms with Crippen LogP contribution in [0.15, 0.2) is 22.7 Å². The van der Waals surface area contributed by atoms with Crippen LogP contribution >= 0.6 is 15.9 Å². The molecule has 110 valence electrons. The molecule has 2 N–H and O–H groups in total. The predicted molar refractivity (Wildman–Crippen MR) is 82.5 cm³/mol. The second kappa shape index (κ2) is 6.65. The number of halogens is 1. The molecule has 1 fully saturated rings. The van der Waals surface area contributed by atoms with Crippen LogP contribution in [0.25, 0.3) is 0 Å². The van der Waals surface area contributed by atoms with Crippen molar-refractivity contribution < 1.29 is 4.92 Å². The zero-order valence-corrected chi connectivity index (χ0v) is 13.2. The molecule has 0 saturated carbocycles. The van der Waals surface area contributed by atoms with Gasteiger partial charge in [0.2, 0.25) is 0 Å².